The predicted molar refractivity (Wildman–Crippen MR) is 118 cm³/mol. The van der Waals surface area contributed by atoms with Crippen LogP contribution in [0.15, 0.2) is 29.4 Å². The molecule has 2 heterocycles. The minimum atomic E-state index is -0.197. The largest absolute Gasteiger partial charge is 0.484 e. The van der Waals surface area contributed by atoms with Gasteiger partial charge in [-0.25, -0.2) is 0 Å². The summed E-state index contributed by atoms with van der Waals surface area (Å²) < 4.78 is 8.02. The molecule has 1 atom stereocenters. The molecule has 0 unspecified atom stereocenters. The van der Waals surface area contributed by atoms with E-state index in [4.69, 9.17) is 16.3 Å². The lowest BCUT2D eigenvalue weighted by atomic mass is 10.3. The quantitative estimate of drug-likeness (QED) is 0.575. The van der Waals surface area contributed by atoms with Gasteiger partial charge in [-0.2, -0.15) is 0 Å². The van der Waals surface area contributed by atoms with E-state index in [2.05, 4.69) is 26.6 Å². The molecule has 2 aliphatic rings. The molecule has 1 aliphatic carbocycles. The number of nitrogens with zero attached hydrogens (tertiary/aromatic N) is 5. The van der Waals surface area contributed by atoms with Gasteiger partial charge in [0, 0.05) is 32.2 Å². The summed E-state index contributed by atoms with van der Waals surface area (Å²) in [6.07, 6.45) is 2.21. The fourth-order valence-corrected chi connectivity index (χ4v) is 4.85. The average Bonchev–Trinajstić information content (AvgIpc) is 3.53. The molecule has 0 N–H and O–H groups in total. The van der Waals surface area contributed by atoms with Crippen LogP contribution in [0.3, 0.4) is 0 Å². The third-order valence-electron chi connectivity index (χ3n) is 5.60. The fourth-order valence-electron chi connectivity index (χ4n) is 3.64. The van der Waals surface area contributed by atoms with E-state index in [1.54, 1.807) is 6.07 Å². The molecule has 9 heteroatoms. The molecule has 1 aromatic heterocycles. The summed E-state index contributed by atoms with van der Waals surface area (Å²) in [6.45, 7) is 8.94. The Morgan fingerprint density at radius 1 is 1.23 bits per heavy atom. The summed E-state index contributed by atoms with van der Waals surface area (Å²) >= 11 is 7.68. The van der Waals surface area contributed by atoms with Gasteiger partial charge in [0.2, 0.25) is 5.91 Å². The molecule has 0 radical (unpaired) electrons. The molecule has 4 rings (SSSR count). The minimum Gasteiger partial charge on any atom is -0.484 e. The van der Waals surface area contributed by atoms with E-state index in [0.717, 1.165) is 56.5 Å². The summed E-state index contributed by atoms with van der Waals surface area (Å²) in [6, 6.07) is 7.80. The molecule has 1 amide bonds. The van der Waals surface area contributed by atoms with E-state index in [9.17, 15) is 4.79 Å². The van der Waals surface area contributed by atoms with Gasteiger partial charge in [-0.05, 0) is 38.4 Å². The lowest BCUT2D eigenvalue weighted by molar-refractivity contribution is -0.132. The second kappa shape index (κ2) is 9.58. The monoisotopic (exact) mass is 449 g/mol. The van der Waals surface area contributed by atoms with Crippen LogP contribution in [0.25, 0.3) is 0 Å². The highest BCUT2D eigenvalue weighted by Crippen LogP contribution is 2.40. The van der Waals surface area contributed by atoms with Crippen molar-refractivity contribution in [3.63, 3.8) is 0 Å². The molecule has 2 aromatic rings. The van der Waals surface area contributed by atoms with Crippen molar-refractivity contribution in [3.8, 4) is 5.75 Å². The van der Waals surface area contributed by atoms with Crippen LogP contribution >= 0.6 is 23.4 Å². The van der Waals surface area contributed by atoms with Gasteiger partial charge in [0.05, 0.1) is 10.3 Å². The zero-order chi connectivity index (χ0) is 21.1. The minimum absolute atomic E-state index is 0.176. The van der Waals surface area contributed by atoms with Crippen LogP contribution in [0.2, 0.25) is 5.02 Å². The van der Waals surface area contributed by atoms with Crippen molar-refractivity contribution in [1.82, 2.24) is 24.6 Å². The Morgan fingerprint density at radius 2 is 1.97 bits per heavy atom. The molecule has 1 aromatic carbocycles. The molecule has 1 aliphatic heterocycles. The Bertz CT molecular complexity index is 880. The van der Waals surface area contributed by atoms with Gasteiger partial charge in [-0.15, -0.1) is 10.2 Å². The molecule has 1 saturated heterocycles. The van der Waals surface area contributed by atoms with Gasteiger partial charge in [0.15, 0.2) is 11.0 Å². The number of halogens is 1. The molecular weight excluding hydrogens is 422 g/mol. The van der Waals surface area contributed by atoms with Crippen molar-refractivity contribution < 1.29 is 9.53 Å². The molecule has 30 heavy (non-hydrogen) atoms. The number of hydrogen-bond donors (Lipinski definition) is 0. The first kappa shape index (κ1) is 21.5. The molecule has 7 nitrogen and oxygen atoms in total. The highest BCUT2D eigenvalue weighted by molar-refractivity contribution is 8.00. The van der Waals surface area contributed by atoms with Crippen molar-refractivity contribution in [3.05, 3.63) is 35.1 Å². The van der Waals surface area contributed by atoms with E-state index in [0.29, 0.717) is 23.4 Å². The molecule has 2 fully saturated rings. The van der Waals surface area contributed by atoms with Crippen molar-refractivity contribution >= 4 is 29.3 Å². The summed E-state index contributed by atoms with van der Waals surface area (Å²) in [7, 11) is 0. The number of thioether (sulfide) groups is 1. The summed E-state index contributed by atoms with van der Waals surface area (Å²) in [5.41, 5.74) is 0. The number of aromatic nitrogens is 3. The maximum absolute atomic E-state index is 12.9. The zero-order valence-electron chi connectivity index (χ0n) is 17.5. The maximum atomic E-state index is 12.9. The number of para-hydroxylation sites is 1. The van der Waals surface area contributed by atoms with Gasteiger partial charge in [0.1, 0.15) is 12.4 Å². The summed E-state index contributed by atoms with van der Waals surface area (Å²) in [5, 5.41) is 9.92. The average molecular weight is 450 g/mol. The van der Waals surface area contributed by atoms with Crippen LogP contribution in [0, 0.1) is 0 Å². The fraction of sp³-hybridized carbons (Fsp3) is 0.571. The molecule has 162 valence electrons. The van der Waals surface area contributed by atoms with Gasteiger partial charge in [-0.1, -0.05) is 42.4 Å². The van der Waals surface area contributed by atoms with E-state index < -0.39 is 0 Å². The maximum Gasteiger partial charge on any atom is 0.235 e. The number of piperazine rings is 1. The number of carbonyl (C=O) groups is 1. The number of amides is 1. The Morgan fingerprint density at radius 3 is 2.63 bits per heavy atom. The van der Waals surface area contributed by atoms with Crippen molar-refractivity contribution in [2.75, 3.05) is 32.7 Å². The van der Waals surface area contributed by atoms with Crippen molar-refractivity contribution in [1.29, 1.82) is 0 Å². The number of benzene rings is 1. The smallest absolute Gasteiger partial charge is 0.235 e. The Balaban J connectivity index is 1.40. The lowest BCUT2D eigenvalue weighted by Gasteiger charge is -2.35. The molecular formula is C21H28ClN5O2S. The SMILES string of the molecule is CCN1CCN(C(=O)[C@H](C)Sc2nnc(COc3ccccc3Cl)n2C2CC2)CC1. The van der Waals surface area contributed by atoms with Crippen LogP contribution in [-0.4, -0.2) is 68.4 Å². The summed E-state index contributed by atoms with van der Waals surface area (Å²) in [5.74, 6) is 1.58. The highest BCUT2D eigenvalue weighted by Gasteiger charge is 2.32. The molecule has 0 spiro atoms. The Labute approximate surface area is 186 Å². The second-order valence-corrected chi connectivity index (χ2v) is 9.45. The molecule has 0 bridgehead atoms. The van der Waals surface area contributed by atoms with E-state index >= 15 is 0 Å². The third kappa shape index (κ3) is 4.92. The van der Waals surface area contributed by atoms with Crippen LogP contribution in [-0.2, 0) is 11.4 Å². The van der Waals surface area contributed by atoms with E-state index in [1.807, 2.05) is 30.0 Å². The van der Waals surface area contributed by atoms with Crippen LogP contribution in [0.4, 0.5) is 0 Å². The van der Waals surface area contributed by atoms with Crippen LogP contribution < -0.4 is 4.74 Å². The topological polar surface area (TPSA) is 63.5 Å². The normalized spacial score (nSPS) is 18.4. The highest BCUT2D eigenvalue weighted by atomic mass is 35.5. The first-order valence-electron chi connectivity index (χ1n) is 10.6. The number of rotatable bonds is 8. The number of hydrogen-bond acceptors (Lipinski definition) is 6. The second-order valence-electron chi connectivity index (χ2n) is 7.74. The Hall–Kier alpha value is -1.77. The zero-order valence-corrected chi connectivity index (χ0v) is 19.0. The van der Waals surface area contributed by atoms with Crippen LogP contribution in [0.1, 0.15) is 38.6 Å². The van der Waals surface area contributed by atoms with Gasteiger partial charge in [-0.3, -0.25) is 9.36 Å². The van der Waals surface area contributed by atoms with E-state index in [-0.39, 0.29) is 11.2 Å². The third-order valence-corrected chi connectivity index (χ3v) is 6.96. The number of likely N-dealkylation sites (N-methyl/N-ethyl adjacent to an activating group) is 1. The van der Waals surface area contributed by atoms with Gasteiger partial charge >= 0.3 is 0 Å². The number of ether oxygens (including phenoxy) is 1. The predicted octanol–water partition coefficient (Wildman–Crippen LogP) is 3.49. The first-order valence-corrected chi connectivity index (χ1v) is 11.8. The molecule has 1 saturated carbocycles. The Kier molecular flexibility index (Phi) is 6.85. The lowest BCUT2D eigenvalue weighted by Crippen LogP contribution is -2.50. The van der Waals surface area contributed by atoms with Crippen molar-refractivity contribution in [2.24, 2.45) is 0 Å². The van der Waals surface area contributed by atoms with Crippen molar-refractivity contribution in [2.45, 2.75) is 49.7 Å². The number of carbonyl (C=O) groups excluding carboxylic acids is 1. The first-order chi connectivity index (χ1) is 14.6. The standard InChI is InChI=1S/C21H28ClN5O2S/c1-3-25-10-12-26(13-11-25)20(28)15(2)30-21-24-23-19(27(21)16-8-9-16)14-29-18-7-5-4-6-17(18)22/h4-7,15-16H,3,8-14H2,1-2H3/t15-/m0/s1. The van der Waals surface area contributed by atoms with Crippen LogP contribution in [0.5, 0.6) is 5.75 Å². The van der Waals surface area contributed by atoms with E-state index in [1.165, 1.54) is 11.8 Å². The van der Waals surface area contributed by atoms with Gasteiger partial charge < -0.3 is 14.5 Å². The summed E-state index contributed by atoms with van der Waals surface area (Å²) in [4.78, 5) is 17.3. The van der Waals surface area contributed by atoms with Gasteiger partial charge in [0.25, 0.3) is 0 Å².